The van der Waals surface area contributed by atoms with E-state index in [1.165, 1.54) is 10.8 Å². The average molecular weight is 406 g/mol. The maximum atomic E-state index is 9.20. The van der Waals surface area contributed by atoms with Crippen molar-refractivity contribution >= 4 is 32.3 Å². The van der Waals surface area contributed by atoms with Crippen LogP contribution in [0.1, 0.15) is 11.4 Å². The van der Waals surface area contributed by atoms with Crippen molar-refractivity contribution in [3.63, 3.8) is 0 Å². The normalized spacial score (nSPS) is 11.1. The summed E-state index contributed by atoms with van der Waals surface area (Å²) in [5.74, 6) is 0. The summed E-state index contributed by atoms with van der Waals surface area (Å²) in [5, 5.41) is 25.5. The molecule has 6 rings (SSSR count). The maximum absolute atomic E-state index is 9.20. The lowest BCUT2D eigenvalue weighted by molar-refractivity contribution is 1.27. The molecular formula is C28H14N4. The van der Waals surface area contributed by atoms with Gasteiger partial charge in [0.05, 0.1) is 0 Å². The van der Waals surface area contributed by atoms with Gasteiger partial charge in [-0.1, -0.05) is 24.3 Å². The maximum Gasteiger partial charge on any atom is 0.141 e. The standard InChI is InChI=1S/C28H14N4/c29-15-25-13-17(5-7-31-25)23-9-19-1-2-20-10-24(18-6-8-32-26(14-18)16-30)12-22-4-3-21(11-23)27(19)28(20)22/h1-14H. The summed E-state index contributed by atoms with van der Waals surface area (Å²) >= 11 is 0. The molecule has 2 heterocycles. The van der Waals surface area contributed by atoms with Crippen molar-refractivity contribution in [3.05, 3.63) is 96.6 Å². The van der Waals surface area contributed by atoms with E-state index in [0.717, 1.165) is 43.8 Å². The Morgan fingerprint density at radius 3 is 1.19 bits per heavy atom. The number of pyridine rings is 2. The van der Waals surface area contributed by atoms with E-state index in [1.54, 1.807) is 12.4 Å². The first kappa shape index (κ1) is 18.0. The molecule has 0 saturated heterocycles. The molecular weight excluding hydrogens is 392 g/mol. The quantitative estimate of drug-likeness (QED) is 0.310. The number of hydrogen-bond donors (Lipinski definition) is 0. The van der Waals surface area contributed by atoms with Gasteiger partial charge in [-0.2, -0.15) is 10.5 Å². The molecule has 4 heteroatoms. The second kappa shape index (κ2) is 6.87. The van der Waals surface area contributed by atoms with Crippen molar-refractivity contribution in [2.75, 3.05) is 0 Å². The molecule has 146 valence electrons. The molecule has 4 nitrogen and oxygen atoms in total. The average Bonchev–Trinajstić information content (AvgIpc) is 2.86. The highest BCUT2D eigenvalue weighted by Gasteiger charge is 2.12. The molecule has 0 bridgehead atoms. The third-order valence-electron chi connectivity index (χ3n) is 5.95. The van der Waals surface area contributed by atoms with E-state index in [9.17, 15) is 10.5 Å². The molecule has 32 heavy (non-hydrogen) atoms. The zero-order chi connectivity index (χ0) is 21.7. The highest BCUT2D eigenvalue weighted by atomic mass is 14.7. The number of nitrogens with zero attached hydrogens (tertiary/aromatic N) is 4. The lowest BCUT2D eigenvalue weighted by Gasteiger charge is -2.14. The lowest BCUT2D eigenvalue weighted by atomic mass is 9.89. The van der Waals surface area contributed by atoms with E-state index >= 15 is 0 Å². The molecule has 0 aliphatic rings. The Morgan fingerprint density at radius 2 is 0.844 bits per heavy atom. The number of aromatic nitrogens is 2. The third kappa shape index (κ3) is 2.75. The molecule has 0 N–H and O–H groups in total. The Morgan fingerprint density at radius 1 is 0.469 bits per heavy atom. The Hall–Kier alpha value is -4.80. The van der Waals surface area contributed by atoms with Crippen molar-refractivity contribution in [1.82, 2.24) is 9.97 Å². The van der Waals surface area contributed by atoms with Gasteiger partial charge >= 0.3 is 0 Å². The molecule has 0 aliphatic heterocycles. The number of nitriles is 2. The van der Waals surface area contributed by atoms with Crippen LogP contribution < -0.4 is 0 Å². The van der Waals surface area contributed by atoms with E-state index < -0.39 is 0 Å². The van der Waals surface area contributed by atoms with Gasteiger partial charge in [-0.25, -0.2) is 9.97 Å². The van der Waals surface area contributed by atoms with Crippen LogP contribution in [0.3, 0.4) is 0 Å². The minimum atomic E-state index is 0.413. The molecule has 0 atom stereocenters. The van der Waals surface area contributed by atoms with Gasteiger partial charge in [0.15, 0.2) is 0 Å². The molecule has 4 aromatic carbocycles. The van der Waals surface area contributed by atoms with Gasteiger partial charge < -0.3 is 0 Å². The fraction of sp³-hybridized carbons (Fsp3) is 0. The Bertz CT molecular complexity index is 1560. The highest BCUT2D eigenvalue weighted by molar-refractivity contribution is 6.24. The van der Waals surface area contributed by atoms with E-state index in [-0.39, 0.29) is 0 Å². The Labute approximate surface area is 184 Å². The fourth-order valence-electron chi connectivity index (χ4n) is 4.51. The number of benzene rings is 4. The fourth-order valence-corrected chi connectivity index (χ4v) is 4.51. The Kier molecular flexibility index (Phi) is 3.87. The van der Waals surface area contributed by atoms with Crippen LogP contribution >= 0.6 is 0 Å². The first-order chi connectivity index (χ1) is 15.7. The first-order valence-corrected chi connectivity index (χ1v) is 10.2. The van der Waals surface area contributed by atoms with Crippen LogP contribution in [-0.4, -0.2) is 9.97 Å². The first-order valence-electron chi connectivity index (χ1n) is 10.2. The van der Waals surface area contributed by atoms with E-state index in [4.69, 9.17) is 0 Å². The molecule has 0 amide bonds. The molecule has 6 aromatic rings. The van der Waals surface area contributed by atoms with Gasteiger partial charge in [-0.15, -0.1) is 0 Å². The van der Waals surface area contributed by atoms with Gasteiger partial charge in [-0.3, -0.25) is 0 Å². The van der Waals surface area contributed by atoms with Crippen LogP contribution in [0.25, 0.3) is 54.6 Å². The highest BCUT2D eigenvalue weighted by Crippen LogP contribution is 2.39. The molecule has 0 aliphatic carbocycles. The zero-order valence-corrected chi connectivity index (χ0v) is 16.9. The van der Waals surface area contributed by atoms with Crippen LogP contribution in [0.15, 0.2) is 85.2 Å². The van der Waals surface area contributed by atoms with Gasteiger partial charge in [0.1, 0.15) is 23.5 Å². The van der Waals surface area contributed by atoms with E-state index in [1.807, 2.05) is 24.3 Å². The van der Waals surface area contributed by atoms with Crippen LogP contribution in [0, 0.1) is 22.7 Å². The summed E-state index contributed by atoms with van der Waals surface area (Å²) in [5.41, 5.74) is 4.92. The van der Waals surface area contributed by atoms with Crippen molar-refractivity contribution in [2.45, 2.75) is 0 Å². The predicted molar refractivity (Wildman–Crippen MR) is 126 cm³/mol. The largest absolute Gasteiger partial charge is 0.246 e. The summed E-state index contributed by atoms with van der Waals surface area (Å²) in [6.07, 6.45) is 3.35. The number of hydrogen-bond acceptors (Lipinski definition) is 4. The van der Waals surface area contributed by atoms with Crippen molar-refractivity contribution in [1.29, 1.82) is 10.5 Å². The molecule has 2 aromatic heterocycles. The zero-order valence-electron chi connectivity index (χ0n) is 16.9. The van der Waals surface area contributed by atoms with Crippen molar-refractivity contribution in [2.24, 2.45) is 0 Å². The molecule has 0 radical (unpaired) electrons. The number of rotatable bonds is 2. The summed E-state index contributed by atoms with van der Waals surface area (Å²) < 4.78 is 0. The monoisotopic (exact) mass is 406 g/mol. The molecule has 0 spiro atoms. The SMILES string of the molecule is N#Cc1cc(-c2cc3ccc4cc(-c5ccnc(C#N)c5)cc5ccc(c2)c3c45)ccn1. The minimum absolute atomic E-state index is 0.413. The van der Waals surface area contributed by atoms with E-state index in [0.29, 0.717) is 11.4 Å². The van der Waals surface area contributed by atoms with Crippen LogP contribution in [0.5, 0.6) is 0 Å². The molecule has 0 unspecified atom stereocenters. The topological polar surface area (TPSA) is 73.4 Å². The smallest absolute Gasteiger partial charge is 0.141 e. The summed E-state index contributed by atoms with van der Waals surface area (Å²) in [7, 11) is 0. The second-order valence-corrected chi connectivity index (χ2v) is 7.81. The summed E-state index contributed by atoms with van der Waals surface area (Å²) in [4.78, 5) is 8.17. The predicted octanol–water partition coefficient (Wildman–Crippen LogP) is 6.45. The van der Waals surface area contributed by atoms with Gasteiger partial charge in [0, 0.05) is 12.4 Å². The lowest BCUT2D eigenvalue weighted by Crippen LogP contribution is -1.89. The van der Waals surface area contributed by atoms with Gasteiger partial charge in [-0.05, 0) is 103 Å². The van der Waals surface area contributed by atoms with Crippen LogP contribution in [-0.2, 0) is 0 Å². The van der Waals surface area contributed by atoms with Crippen molar-refractivity contribution < 1.29 is 0 Å². The van der Waals surface area contributed by atoms with Gasteiger partial charge in [0.2, 0.25) is 0 Å². The minimum Gasteiger partial charge on any atom is -0.246 e. The van der Waals surface area contributed by atoms with Gasteiger partial charge in [0.25, 0.3) is 0 Å². The van der Waals surface area contributed by atoms with Crippen LogP contribution in [0.2, 0.25) is 0 Å². The summed E-state index contributed by atoms with van der Waals surface area (Å²) in [6, 6.07) is 29.0. The second-order valence-electron chi connectivity index (χ2n) is 7.81. The Balaban J connectivity index is 1.59. The van der Waals surface area contributed by atoms with Crippen molar-refractivity contribution in [3.8, 4) is 34.4 Å². The van der Waals surface area contributed by atoms with E-state index in [2.05, 4.69) is 70.6 Å². The van der Waals surface area contributed by atoms with Crippen LogP contribution in [0.4, 0.5) is 0 Å². The third-order valence-corrected chi connectivity index (χ3v) is 5.95. The molecule has 0 fully saturated rings. The molecule has 0 saturated carbocycles. The summed E-state index contributed by atoms with van der Waals surface area (Å²) in [6.45, 7) is 0.